The molecular weight excluding hydrogens is 464 g/mol. The molecule has 0 spiro atoms. The zero-order valence-corrected chi connectivity index (χ0v) is 19.8. The maximum absolute atomic E-state index is 13.8. The van der Waals surface area contributed by atoms with Gasteiger partial charge in [-0.1, -0.05) is 29.8 Å². The Balaban J connectivity index is 1.76. The van der Waals surface area contributed by atoms with E-state index in [9.17, 15) is 13.2 Å². The second-order valence-corrected chi connectivity index (χ2v) is 9.77. The Morgan fingerprint density at radius 1 is 1.12 bits per heavy atom. The number of fused-ring (bicyclic) bond motifs is 1. The van der Waals surface area contributed by atoms with Gasteiger partial charge in [0.15, 0.2) is 0 Å². The number of carbonyl (C=O) groups excluding carboxylic acids is 1. The van der Waals surface area contributed by atoms with E-state index in [4.69, 9.17) is 21.1 Å². The van der Waals surface area contributed by atoms with Crippen molar-refractivity contribution in [3.05, 3.63) is 77.3 Å². The highest BCUT2D eigenvalue weighted by molar-refractivity contribution is 7.93. The number of rotatable bonds is 6. The summed E-state index contributed by atoms with van der Waals surface area (Å²) in [5.41, 5.74) is 1.67. The Kier molecular flexibility index (Phi) is 6.49. The van der Waals surface area contributed by atoms with Gasteiger partial charge in [0, 0.05) is 5.02 Å². The Morgan fingerprint density at radius 2 is 1.85 bits per heavy atom. The summed E-state index contributed by atoms with van der Waals surface area (Å²) >= 11 is 6.02. The van der Waals surface area contributed by atoms with Gasteiger partial charge in [-0.25, -0.2) is 8.42 Å². The normalized spacial score (nSPS) is 13.1. The second kappa shape index (κ2) is 9.33. The largest absolute Gasteiger partial charge is 0.495 e. The van der Waals surface area contributed by atoms with Gasteiger partial charge in [-0.15, -0.1) is 0 Å². The number of benzene rings is 3. The minimum Gasteiger partial charge on any atom is -0.495 e. The molecule has 172 valence electrons. The lowest BCUT2D eigenvalue weighted by Gasteiger charge is -2.32. The summed E-state index contributed by atoms with van der Waals surface area (Å²) in [6.45, 7) is 2.02. The van der Waals surface area contributed by atoms with Gasteiger partial charge in [0.1, 0.15) is 29.5 Å². The number of amides is 1. The number of hydrogen-bond donors (Lipinski definition) is 0. The van der Waals surface area contributed by atoms with Gasteiger partial charge in [0.05, 0.1) is 25.0 Å². The van der Waals surface area contributed by atoms with Crippen LogP contribution >= 0.6 is 11.6 Å². The van der Waals surface area contributed by atoms with Crippen molar-refractivity contribution >= 4 is 38.9 Å². The van der Waals surface area contributed by atoms with E-state index in [1.165, 1.54) is 13.2 Å². The molecule has 33 heavy (non-hydrogen) atoms. The summed E-state index contributed by atoms with van der Waals surface area (Å²) in [5, 5.41) is 0.456. The molecule has 0 saturated carbocycles. The summed E-state index contributed by atoms with van der Waals surface area (Å²) < 4.78 is 39.7. The average molecular weight is 487 g/mol. The van der Waals surface area contributed by atoms with E-state index in [1.807, 2.05) is 6.07 Å². The van der Waals surface area contributed by atoms with Gasteiger partial charge >= 0.3 is 0 Å². The number of aryl methyl sites for hydroxylation is 1. The minimum absolute atomic E-state index is 0.0184. The quantitative estimate of drug-likeness (QED) is 0.520. The summed E-state index contributed by atoms with van der Waals surface area (Å²) in [4.78, 5) is 14.9. The van der Waals surface area contributed by atoms with Crippen LogP contribution in [-0.2, 0) is 14.8 Å². The predicted octanol–water partition coefficient (Wildman–Crippen LogP) is 4.28. The maximum Gasteiger partial charge on any atom is 0.268 e. The molecule has 0 aromatic heterocycles. The number of ether oxygens (including phenoxy) is 2. The third-order valence-corrected chi connectivity index (χ3v) is 7.36. The minimum atomic E-state index is -4.16. The Hall–Kier alpha value is -3.23. The molecule has 4 rings (SSSR count). The molecule has 1 aliphatic rings. The van der Waals surface area contributed by atoms with Crippen LogP contribution in [0.4, 0.5) is 11.4 Å². The number of hydrogen-bond acceptors (Lipinski definition) is 5. The molecule has 0 bridgehead atoms. The molecule has 0 saturated heterocycles. The van der Waals surface area contributed by atoms with Crippen molar-refractivity contribution in [1.29, 1.82) is 0 Å². The van der Waals surface area contributed by atoms with Crippen LogP contribution in [0.25, 0.3) is 0 Å². The molecule has 0 fully saturated rings. The number of halogens is 1. The zero-order valence-electron chi connectivity index (χ0n) is 18.2. The number of sulfonamides is 1. The Morgan fingerprint density at radius 3 is 2.58 bits per heavy atom. The van der Waals surface area contributed by atoms with Crippen molar-refractivity contribution in [1.82, 2.24) is 0 Å². The molecule has 1 amide bonds. The fourth-order valence-electron chi connectivity index (χ4n) is 3.66. The predicted molar refractivity (Wildman–Crippen MR) is 128 cm³/mol. The van der Waals surface area contributed by atoms with Gasteiger partial charge in [-0.2, -0.15) is 0 Å². The first-order valence-electron chi connectivity index (χ1n) is 10.3. The van der Waals surface area contributed by atoms with Crippen LogP contribution in [0.1, 0.15) is 5.56 Å². The molecule has 0 atom stereocenters. The summed E-state index contributed by atoms with van der Waals surface area (Å²) in [6, 6.07) is 18.4. The fourth-order valence-corrected chi connectivity index (χ4v) is 5.45. The number of anilines is 2. The van der Waals surface area contributed by atoms with Crippen LogP contribution in [0.5, 0.6) is 11.5 Å². The highest BCUT2D eigenvalue weighted by Gasteiger charge is 2.33. The van der Waals surface area contributed by atoms with E-state index < -0.39 is 16.6 Å². The molecule has 0 unspecified atom stereocenters. The molecular formula is C24H23ClN2O5S. The third-order valence-electron chi connectivity index (χ3n) is 5.31. The maximum atomic E-state index is 13.8. The molecule has 3 aromatic carbocycles. The lowest BCUT2D eigenvalue weighted by atomic mass is 10.2. The zero-order chi connectivity index (χ0) is 23.6. The van der Waals surface area contributed by atoms with Gasteiger partial charge in [-0.05, 0) is 61.0 Å². The van der Waals surface area contributed by atoms with Crippen molar-refractivity contribution in [2.75, 3.05) is 36.0 Å². The molecule has 0 radical (unpaired) electrons. The summed E-state index contributed by atoms with van der Waals surface area (Å²) in [5.74, 6) is 0.401. The molecule has 1 heterocycles. The first-order chi connectivity index (χ1) is 15.8. The number of carbonyl (C=O) groups is 1. The number of nitrogens with zero attached hydrogens (tertiary/aromatic N) is 2. The van der Waals surface area contributed by atoms with E-state index in [0.717, 1.165) is 9.87 Å². The molecule has 3 aromatic rings. The summed E-state index contributed by atoms with van der Waals surface area (Å²) in [7, 11) is -2.75. The van der Waals surface area contributed by atoms with Crippen molar-refractivity contribution in [3.63, 3.8) is 0 Å². The average Bonchev–Trinajstić information content (AvgIpc) is 2.82. The van der Waals surface area contributed by atoms with Gasteiger partial charge in [0.2, 0.25) is 5.91 Å². The molecule has 1 aliphatic heterocycles. The van der Waals surface area contributed by atoms with Crippen molar-refractivity contribution in [2.24, 2.45) is 0 Å². The van der Waals surface area contributed by atoms with Crippen molar-refractivity contribution in [3.8, 4) is 11.5 Å². The fraction of sp³-hybridized carbons (Fsp3) is 0.208. The van der Waals surface area contributed by atoms with Gasteiger partial charge in [-0.3, -0.25) is 9.10 Å². The van der Waals surface area contributed by atoms with Crippen LogP contribution in [-0.4, -0.2) is 41.1 Å². The monoisotopic (exact) mass is 486 g/mol. The highest BCUT2D eigenvalue weighted by Crippen LogP contribution is 2.34. The van der Waals surface area contributed by atoms with E-state index in [0.29, 0.717) is 35.3 Å². The summed E-state index contributed by atoms with van der Waals surface area (Å²) in [6.07, 6.45) is 0. The van der Waals surface area contributed by atoms with Crippen LogP contribution in [0.3, 0.4) is 0 Å². The SMILES string of the molecule is COc1ccc(C)cc1S(=O)(=O)N(CC(=O)N1CCOc2ccccc21)c1ccc(Cl)cc1. The second-order valence-electron chi connectivity index (χ2n) is 7.50. The van der Waals surface area contributed by atoms with Crippen molar-refractivity contribution < 1.29 is 22.7 Å². The molecule has 0 aliphatic carbocycles. The lowest BCUT2D eigenvalue weighted by Crippen LogP contribution is -2.46. The molecule has 7 nitrogen and oxygen atoms in total. The van der Waals surface area contributed by atoms with E-state index in [2.05, 4.69) is 0 Å². The standard InChI is InChI=1S/C24H23ClN2O5S/c1-17-7-12-22(31-2)23(15-17)33(29,30)27(19-10-8-18(25)9-11-19)16-24(28)26-13-14-32-21-6-4-3-5-20(21)26/h3-12,15H,13-14,16H2,1-2H3. The van der Waals surface area contributed by atoms with Crippen LogP contribution in [0, 0.1) is 6.92 Å². The smallest absolute Gasteiger partial charge is 0.268 e. The molecule has 0 N–H and O–H groups in total. The highest BCUT2D eigenvalue weighted by atomic mass is 35.5. The topological polar surface area (TPSA) is 76.2 Å². The first-order valence-corrected chi connectivity index (χ1v) is 12.1. The van der Waals surface area contributed by atoms with Crippen molar-refractivity contribution in [2.45, 2.75) is 11.8 Å². The van der Waals surface area contributed by atoms with E-state index in [-0.39, 0.29) is 16.6 Å². The van der Waals surface area contributed by atoms with Crippen LogP contribution < -0.4 is 18.7 Å². The van der Waals surface area contributed by atoms with E-state index in [1.54, 1.807) is 66.4 Å². The van der Waals surface area contributed by atoms with Crippen LogP contribution in [0.15, 0.2) is 71.6 Å². The lowest BCUT2D eigenvalue weighted by molar-refractivity contribution is -0.117. The van der Waals surface area contributed by atoms with E-state index >= 15 is 0 Å². The Labute approximate surface area is 198 Å². The Bertz CT molecular complexity index is 1280. The number of methoxy groups -OCH3 is 1. The first kappa shape index (κ1) is 22.9. The van der Waals surface area contributed by atoms with Gasteiger partial charge in [0.25, 0.3) is 10.0 Å². The van der Waals surface area contributed by atoms with Gasteiger partial charge < -0.3 is 14.4 Å². The number of para-hydroxylation sites is 2. The van der Waals surface area contributed by atoms with Crippen LogP contribution in [0.2, 0.25) is 5.02 Å². The third kappa shape index (κ3) is 4.62. The molecule has 9 heteroatoms.